The molecule has 1 saturated carbocycles. The van der Waals surface area contributed by atoms with Gasteiger partial charge in [-0.3, -0.25) is 0 Å². The molecule has 1 atom stereocenters. The predicted octanol–water partition coefficient (Wildman–Crippen LogP) is 0.951. The molecule has 0 amide bonds. The smallest absolute Gasteiger partial charge is 0.0897 e. The third-order valence-corrected chi connectivity index (χ3v) is 3.09. The van der Waals surface area contributed by atoms with Crippen LogP contribution in [0.5, 0.6) is 0 Å². The van der Waals surface area contributed by atoms with E-state index >= 15 is 0 Å². The van der Waals surface area contributed by atoms with Gasteiger partial charge in [-0.05, 0) is 38.3 Å². The fourth-order valence-electron chi connectivity index (χ4n) is 2.20. The summed E-state index contributed by atoms with van der Waals surface area (Å²) in [6, 6.07) is 0. The lowest BCUT2D eigenvalue weighted by molar-refractivity contribution is 0.0313. The molecule has 18 heavy (non-hydrogen) atoms. The lowest BCUT2D eigenvalue weighted by atomic mass is 9.93. The third-order valence-electron chi connectivity index (χ3n) is 3.09. The van der Waals surface area contributed by atoms with Gasteiger partial charge in [0.25, 0.3) is 0 Å². The molecule has 1 aliphatic rings. The highest BCUT2D eigenvalue weighted by Crippen LogP contribution is 2.28. The van der Waals surface area contributed by atoms with Crippen LogP contribution < -0.4 is 5.32 Å². The van der Waals surface area contributed by atoms with Crippen LogP contribution in [0.2, 0.25) is 0 Å². The highest BCUT2D eigenvalue weighted by molar-refractivity contribution is 4.75. The normalized spacial score (nSPS) is 18.3. The standard InChI is InChI=1S/C14H30N2O2/c1-14(2,11-16(3)4)10-15-7-13(17)9-18-8-12-5-6-12/h12-13,15,17H,5-11H2,1-4H3. The van der Waals surface area contributed by atoms with E-state index in [0.29, 0.717) is 13.2 Å². The van der Waals surface area contributed by atoms with Crippen molar-refractivity contribution in [2.75, 3.05) is 46.9 Å². The summed E-state index contributed by atoms with van der Waals surface area (Å²) in [6.45, 7) is 8.30. The molecule has 4 heteroatoms. The molecule has 0 heterocycles. The number of aliphatic hydroxyl groups is 1. The van der Waals surface area contributed by atoms with Crippen LogP contribution in [0.1, 0.15) is 26.7 Å². The van der Waals surface area contributed by atoms with Gasteiger partial charge in [0.15, 0.2) is 0 Å². The zero-order valence-electron chi connectivity index (χ0n) is 12.4. The SMILES string of the molecule is CN(C)CC(C)(C)CNCC(O)COCC1CC1. The van der Waals surface area contributed by atoms with Crippen LogP contribution in [0.25, 0.3) is 0 Å². The van der Waals surface area contributed by atoms with Crippen LogP contribution in [-0.4, -0.2) is 63.1 Å². The van der Waals surface area contributed by atoms with Gasteiger partial charge in [0, 0.05) is 26.2 Å². The predicted molar refractivity (Wildman–Crippen MR) is 74.8 cm³/mol. The second-order valence-corrected chi connectivity index (χ2v) is 6.67. The average molecular weight is 258 g/mol. The highest BCUT2D eigenvalue weighted by Gasteiger charge is 2.22. The zero-order valence-corrected chi connectivity index (χ0v) is 12.4. The molecule has 0 aromatic carbocycles. The van der Waals surface area contributed by atoms with E-state index in [0.717, 1.165) is 25.6 Å². The van der Waals surface area contributed by atoms with Gasteiger partial charge in [-0.1, -0.05) is 13.8 Å². The van der Waals surface area contributed by atoms with Gasteiger partial charge in [0.05, 0.1) is 12.7 Å². The molecule has 0 aliphatic heterocycles. The van der Waals surface area contributed by atoms with Gasteiger partial charge < -0.3 is 20.1 Å². The molecule has 1 aliphatic carbocycles. The van der Waals surface area contributed by atoms with Crippen LogP contribution in [0.4, 0.5) is 0 Å². The Kier molecular flexibility index (Phi) is 6.57. The van der Waals surface area contributed by atoms with Crippen LogP contribution in [0.15, 0.2) is 0 Å². The quantitative estimate of drug-likeness (QED) is 0.612. The number of hydrogen-bond acceptors (Lipinski definition) is 4. The first-order valence-corrected chi connectivity index (χ1v) is 7.00. The van der Waals surface area contributed by atoms with Crippen molar-refractivity contribution in [1.82, 2.24) is 10.2 Å². The molecular weight excluding hydrogens is 228 g/mol. The minimum Gasteiger partial charge on any atom is -0.389 e. The lowest BCUT2D eigenvalue weighted by Crippen LogP contribution is -2.41. The van der Waals surface area contributed by atoms with Crippen molar-refractivity contribution in [3.8, 4) is 0 Å². The summed E-state index contributed by atoms with van der Waals surface area (Å²) in [5, 5.41) is 13.1. The second kappa shape index (κ2) is 7.43. The number of nitrogens with one attached hydrogen (secondary N) is 1. The minimum absolute atomic E-state index is 0.220. The summed E-state index contributed by atoms with van der Waals surface area (Å²) in [4.78, 5) is 2.19. The Morgan fingerprint density at radius 2 is 2.06 bits per heavy atom. The number of aliphatic hydroxyl groups excluding tert-OH is 1. The molecule has 0 radical (unpaired) electrons. The first-order chi connectivity index (χ1) is 8.39. The van der Waals surface area contributed by atoms with Crippen LogP contribution >= 0.6 is 0 Å². The van der Waals surface area contributed by atoms with Gasteiger partial charge in [-0.15, -0.1) is 0 Å². The summed E-state index contributed by atoms with van der Waals surface area (Å²) in [5.41, 5.74) is 0.220. The van der Waals surface area contributed by atoms with E-state index in [9.17, 15) is 5.11 Å². The van der Waals surface area contributed by atoms with Gasteiger partial charge >= 0.3 is 0 Å². The van der Waals surface area contributed by atoms with Gasteiger partial charge in [0.1, 0.15) is 0 Å². The Bertz CT molecular complexity index is 228. The molecule has 4 nitrogen and oxygen atoms in total. The molecule has 0 saturated heterocycles. The number of nitrogens with zero attached hydrogens (tertiary/aromatic N) is 1. The summed E-state index contributed by atoms with van der Waals surface area (Å²) in [5.74, 6) is 0.768. The second-order valence-electron chi connectivity index (χ2n) is 6.67. The van der Waals surface area contributed by atoms with E-state index in [-0.39, 0.29) is 11.5 Å². The van der Waals surface area contributed by atoms with Crippen molar-refractivity contribution in [1.29, 1.82) is 0 Å². The van der Waals surface area contributed by atoms with Crippen molar-refractivity contribution in [2.24, 2.45) is 11.3 Å². The molecule has 1 fully saturated rings. The molecule has 108 valence electrons. The number of ether oxygens (including phenoxy) is 1. The van der Waals surface area contributed by atoms with Crippen molar-refractivity contribution in [3.05, 3.63) is 0 Å². The molecule has 1 unspecified atom stereocenters. The van der Waals surface area contributed by atoms with Gasteiger partial charge in [0.2, 0.25) is 0 Å². The van der Waals surface area contributed by atoms with Gasteiger partial charge in [-0.2, -0.15) is 0 Å². The topological polar surface area (TPSA) is 44.7 Å². The van der Waals surface area contributed by atoms with E-state index < -0.39 is 0 Å². The number of hydrogen-bond donors (Lipinski definition) is 2. The Morgan fingerprint density at radius 3 is 2.61 bits per heavy atom. The molecule has 0 aromatic heterocycles. The Labute approximate surface area is 112 Å². The Hall–Kier alpha value is -0.160. The lowest BCUT2D eigenvalue weighted by Gasteiger charge is -2.29. The summed E-state index contributed by atoms with van der Waals surface area (Å²) < 4.78 is 5.47. The van der Waals surface area contributed by atoms with Crippen LogP contribution in [0, 0.1) is 11.3 Å². The summed E-state index contributed by atoms with van der Waals surface area (Å²) in [7, 11) is 4.17. The van der Waals surface area contributed by atoms with E-state index in [4.69, 9.17) is 4.74 Å². The van der Waals surface area contributed by atoms with E-state index in [1.165, 1.54) is 12.8 Å². The van der Waals surface area contributed by atoms with Crippen molar-refractivity contribution >= 4 is 0 Å². The first-order valence-electron chi connectivity index (χ1n) is 7.00. The fraction of sp³-hybridized carbons (Fsp3) is 1.00. The van der Waals surface area contributed by atoms with Crippen molar-refractivity contribution in [3.63, 3.8) is 0 Å². The summed E-state index contributed by atoms with van der Waals surface area (Å²) in [6.07, 6.45) is 2.21. The van der Waals surface area contributed by atoms with Crippen LogP contribution in [0.3, 0.4) is 0 Å². The van der Waals surface area contributed by atoms with E-state index in [1.54, 1.807) is 0 Å². The minimum atomic E-state index is -0.390. The fourth-order valence-corrected chi connectivity index (χ4v) is 2.20. The van der Waals surface area contributed by atoms with E-state index in [2.05, 4.69) is 38.2 Å². The largest absolute Gasteiger partial charge is 0.389 e. The van der Waals surface area contributed by atoms with Crippen molar-refractivity contribution in [2.45, 2.75) is 32.8 Å². The monoisotopic (exact) mass is 258 g/mol. The zero-order chi connectivity index (χ0) is 13.6. The van der Waals surface area contributed by atoms with E-state index in [1.807, 2.05) is 0 Å². The van der Waals surface area contributed by atoms with Crippen molar-refractivity contribution < 1.29 is 9.84 Å². The molecule has 0 aromatic rings. The summed E-state index contributed by atoms with van der Waals surface area (Å²) >= 11 is 0. The average Bonchev–Trinajstić information content (AvgIpc) is 2.99. The molecule has 0 bridgehead atoms. The third kappa shape index (κ3) is 8.03. The highest BCUT2D eigenvalue weighted by atomic mass is 16.5. The molecule has 0 spiro atoms. The Balaban J connectivity index is 2.00. The first kappa shape index (κ1) is 15.9. The number of rotatable bonds is 10. The maximum atomic E-state index is 9.76. The maximum absolute atomic E-state index is 9.76. The van der Waals surface area contributed by atoms with Crippen LogP contribution in [-0.2, 0) is 4.74 Å². The molecule has 2 N–H and O–H groups in total. The Morgan fingerprint density at radius 1 is 1.39 bits per heavy atom. The molecule has 1 rings (SSSR count). The van der Waals surface area contributed by atoms with Gasteiger partial charge in [-0.25, -0.2) is 0 Å². The maximum Gasteiger partial charge on any atom is 0.0897 e. The molecular formula is C14H30N2O2.